The van der Waals surface area contributed by atoms with Gasteiger partial charge in [-0.2, -0.15) is 0 Å². The van der Waals surface area contributed by atoms with Gasteiger partial charge in [0.2, 0.25) is 0 Å². The van der Waals surface area contributed by atoms with Crippen LogP contribution in [0.1, 0.15) is 26.2 Å². The van der Waals surface area contributed by atoms with Crippen LogP contribution in [-0.2, 0) is 4.74 Å². The Morgan fingerprint density at radius 2 is 2.29 bits per heavy atom. The van der Waals surface area contributed by atoms with Gasteiger partial charge < -0.3 is 9.84 Å². The Morgan fingerprint density at radius 1 is 1.50 bits per heavy atom. The standard InChI is InChI=1S/C12H20O2/c1-3-5-10-6-7-11(13)12(9-10)14-8-4-2/h3-5,10-13H,2,6-9H2,1H3. The van der Waals surface area contributed by atoms with Gasteiger partial charge >= 0.3 is 0 Å². The van der Waals surface area contributed by atoms with E-state index in [0.29, 0.717) is 12.5 Å². The number of rotatable bonds is 4. The van der Waals surface area contributed by atoms with Gasteiger partial charge in [0.1, 0.15) is 0 Å². The Hall–Kier alpha value is -0.600. The molecule has 1 N–H and O–H groups in total. The van der Waals surface area contributed by atoms with Crippen LogP contribution in [0, 0.1) is 5.92 Å². The van der Waals surface area contributed by atoms with Gasteiger partial charge in [-0.1, -0.05) is 18.2 Å². The molecule has 14 heavy (non-hydrogen) atoms. The first kappa shape index (κ1) is 11.5. The van der Waals surface area contributed by atoms with Crippen LogP contribution in [0.5, 0.6) is 0 Å². The Bertz CT molecular complexity index is 198. The minimum absolute atomic E-state index is 0.0112. The Kier molecular flexibility index (Phi) is 4.91. The molecule has 3 unspecified atom stereocenters. The summed E-state index contributed by atoms with van der Waals surface area (Å²) in [6, 6.07) is 0. The third kappa shape index (κ3) is 3.28. The van der Waals surface area contributed by atoms with E-state index in [1.54, 1.807) is 6.08 Å². The molecular weight excluding hydrogens is 176 g/mol. The smallest absolute Gasteiger partial charge is 0.0843 e. The van der Waals surface area contributed by atoms with E-state index in [1.807, 2.05) is 6.92 Å². The molecule has 0 aromatic rings. The molecule has 0 aromatic heterocycles. The van der Waals surface area contributed by atoms with Crippen molar-refractivity contribution in [1.82, 2.24) is 0 Å². The minimum atomic E-state index is -0.295. The number of aliphatic hydroxyl groups excluding tert-OH is 1. The third-order valence-corrected chi connectivity index (χ3v) is 2.69. The summed E-state index contributed by atoms with van der Waals surface area (Å²) >= 11 is 0. The lowest BCUT2D eigenvalue weighted by Crippen LogP contribution is -2.35. The molecule has 1 aliphatic rings. The summed E-state index contributed by atoms with van der Waals surface area (Å²) in [6.45, 7) is 6.17. The van der Waals surface area contributed by atoms with Gasteiger partial charge in [-0.25, -0.2) is 0 Å². The molecule has 1 aliphatic carbocycles. The van der Waals surface area contributed by atoms with Crippen molar-refractivity contribution in [3.8, 4) is 0 Å². The van der Waals surface area contributed by atoms with E-state index < -0.39 is 0 Å². The van der Waals surface area contributed by atoms with Gasteiger partial charge in [0.05, 0.1) is 18.8 Å². The molecule has 1 rings (SSSR count). The predicted octanol–water partition coefficient (Wildman–Crippen LogP) is 2.29. The average Bonchev–Trinajstić information content (AvgIpc) is 2.19. The predicted molar refractivity (Wildman–Crippen MR) is 58.1 cm³/mol. The summed E-state index contributed by atoms with van der Waals surface area (Å²) < 4.78 is 5.52. The van der Waals surface area contributed by atoms with E-state index >= 15 is 0 Å². The molecule has 0 heterocycles. The molecule has 0 aliphatic heterocycles. The zero-order valence-electron chi connectivity index (χ0n) is 8.86. The quantitative estimate of drug-likeness (QED) is 0.699. The Labute approximate surface area is 86.3 Å². The molecule has 1 saturated carbocycles. The number of aliphatic hydroxyl groups is 1. The molecule has 0 bridgehead atoms. The fourth-order valence-corrected chi connectivity index (χ4v) is 1.96. The lowest BCUT2D eigenvalue weighted by molar-refractivity contribution is -0.0573. The Balaban J connectivity index is 2.41. The molecule has 0 spiro atoms. The number of allylic oxidation sites excluding steroid dienone is 2. The van der Waals surface area contributed by atoms with Crippen LogP contribution in [0.2, 0.25) is 0 Å². The molecule has 0 amide bonds. The van der Waals surface area contributed by atoms with Crippen LogP contribution in [0.4, 0.5) is 0 Å². The van der Waals surface area contributed by atoms with E-state index in [-0.39, 0.29) is 12.2 Å². The van der Waals surface area contributed by atoms with Gasteiger partial charge in [-0.3, -0.25) is 0 Å². The van der Waals surface area contributed by atoms with E-state index in [2.05, 4.69) is 18.7 Å². The van der Waals surface area contributed by atoms with Crippen molar-refractivity contribution >= 4 is 0 Å². The van der Waals surface area contributed by atoms with Crippen molar-refractivity contribution in [2.75, 3.05) is 6.61 Å². The van der Waals surface area contributed by atoms with E-state index in [0.717, 1.165) is 19.3 Å². The van der Waals surface area contributed by atoms with Crippen molar-refractivity contribution in [3.63, 3.8) is 0 Å². The lowest BCUT2D eigenvalue weighted by Gasteiger charge is -2.31. The molecule has 0 aromatic carbocycles. The molecule has 80 valence electrons. The number of hydrogen-bond donors (Lipinski definition) is 1. The van der Waals surface area contributed by atoms with Gasteiger partial charge in [-0.15, -0.1) is 6.58 Å². The molecular formula is C12H20O2. The highest BCUT2D eigenvalue weighted by molar-refractivity contribution is 4.92. The van der Waals surface area contributed by atoms with Crippen molar-refractivity contribution < 1.29 is 9.84 Å². The Morgan fingerprint density at radius 3 is 2.93 bits per heavy atom. The topological polar surface area (TPSA) is 29.5 Å². The monoisotopic (exact) mass is 196 g/mol. The van der Waals surface area contributed by atoms with Crippen LogP contribution >= 0.6 is 0 Å². The van der Waals surface area contributed by atoms with Crippen molar-refractivity contribution in [2.45, 2.75) is 38.4 Å². The maximum Gasteiger partial charge on any atom is 0.0843 e. The molecule has 3 atom stereocenters. The van der Waals surface area contributed by atoms with Crippen LogP contribution in [0.15, 0.2) is 24.8 Å². The summed E-state index contributed by atoms with van der Waals surface area (Å²) in [5.74, 6) is 0.568. The molecule has 0 radical (unpaired) electrons. The molecule has 2 heteroatoms. The van der Waals surface area contributed by atoms with Crippen LogP contribution in [0.25, 0.3) is 0 Å². The van der Waals surface area contributed by atoms with E-state index in [4.69, 9.17) is 4.74 Å². The zero-order chi connectivity index (χ0) is 10.4. The zero-order valence-corrected chi connectivity index (χ0v) is 8.86. The van der Waals surface area contributed by atoms with Gasteiger partial charge in [0.15, 0.2) is 0 Å². The highest BCUT2D eigenvalue weighted by Gasteiger charge is 2.28. The second-order valence-electron chi connectivity index (χ2n) is 3.83. The van der Waals surface area contributed by atoms with E-state index in [1.165, 1.54) is 0 Å². The summed E-state index contributed by atoms with van der Waals surface area (Å²) in [5, 5.41) is 9.70. The second-order valence-corrected chi connectivity index (χ2v) is 3.83. The van der Waals surface area contributed by atoms with Crippen molar-refractivity contribution in [2.24, 2.45) is 5.92 Å². The lowest BCUT2D eigenvalue weighted by atomic mass is 9.85. The van der Waals surface area contributed by atoms with Gasteiger partial charge in [0.25, 0.3) is 0 Å². The largest absolute Gasteiger partial charge is 0.390 e. The minimum Gasteiger partial charge on any atom is -0.390 e. The van der Waals surface area contributed by atoms with E-state index in [9.17, 15) is 5.11 Å². The molecule has 1 fully saturated rings. The maximum atomic E-state index is 9.70. The summed E-state index contributed by atoms with van der Waals surface area (Å²) in [6.07, 6.45) is 8.55. The number of ether oxygens (including phenoxy) is 1. The normalized spacial score (nSPS) is 33.4. The highest BCUT2D eigenvalue weighted by atomic mass is 16.5. The van der Waals surface area contributed by atoms with Crippen LogP contribution in [0.3, 0.4) is 0 Å². The number of hydrogen-bond acceptors (Lipinski definition) is 2. The van der Waals surface area contributed by atoms with Crippen molar-refractivity contribution in [3.05, 3.63) is 24.8 Å². The fourth-order valence-electron chi connectivity index (χ4n) is 1.96. The second kappa shape index (κ2) is 5.99. The SMILES string of the molecule is C=CCOC1CC(C=CC)CCC1O. The van der Waals surface area contributed by atoms with Crippen LogP contribution < -0.4 is 0 Å². The summed E-state index contributed by atoms with van der Waals surface area (Å²) in [4.78, 5) is 0. The first-order chi connectivity index (χ1) is 6.77. The average molecular weight is 196 g/mol. The molecule has 0 saturated heterocycles. The summed E-state index contributed by atoms with van der Waals surface area (Å²) in [5.41, 5.74) is 0. The first-order valence-electron chi connectivity index (χ1n) is 5.31. The first-order valence-corrected chi connectivity index (χ1v) is 5.31. The fraction of sp³-hybridized carbons (Fsp3) is 0.667. The van der Waals surface area contributed by atoms with Crippen LogP contribution in [-0.4, -0.2) is 23.9 Å². The van der Waals surface area contributed by atoms with Gasteiger partial charge in [0, 0.05) is 0 Å². The molecule has 2 nitrogen and oxygen atoms in total. The van der Waals surface area contributed by atoms with Crippen molar-refractivity contribution in [1.29, 1.82) is 0 Å². The maximum absolute atomic E-state index is 9.70. The highest BCUT2D eigenvalue weighted by Crippen LogP contribution is 2.27. The third-order valence-electron chi connectivity index (χ3n) is 2.69. The summed E-state index contributed by atoms with van der Waals surface area (Å²) in [7, 11) is 0. The van der Waals surface area contributed by atoms with Gasteiger partial charge in [-0.05, 0) is 32.1 Å².